The molecule has 1 heterocycles. The Morgan fingerprint density at radius 1 is 1.24 bits per heavy atom. The Morgan fingerprint density at radius 2 is 2.00 bits per heavy atom. The summed E-state index contributed by atoms with van der Waals surface area (Å²) in [5, 5.41) is 3.13. The van der Waals surface area contributed by atoms with E-state index < -0.39 is 0 Å². The predicted octanol–water partition coefficient (Wildman–Crippen LogP) is 2.00. The first-order chi connectivity index (χ1) is 12.1. The molecular weight excluding hydrogens is 312 g/mol. The van der Waals surface area contributed by atoms with Gasteiger partial charge < -0.3 is 20.0 Å². The van der Waals surface area contributed by atoms with E-state index in [1.165, 1.54) is 11.1 Å². The van der Waals surface area contributed by atoms with E-state index in [0.717, 1.165) is 65.1 Å². The Morgan fingerprint density at radius 3 is 2.80 bits per heavy atom. The lowest BCUT2D eigenvalue weighted by Gasteiger charge is -2.32. The highest BCUT2D eigenvalue weighted by atomic mass is 16.2. The molecule has 1 fully saturated rings. The van der Waals surface area contributed by atoms with Gasteiger partial charge in [-0.15, -0.1) is 0 Å². The molecule has 1 aromatic carbocycles. The predicted molar refractivity (Wildman–Crippen MR) is 102 cm³/mol. The number of urea groups is 1. The lowest BCUT2D eigenvalue weighted by molar-refractivity contribution is 0.148. The molecule has 2 amide bonds. The van der Waals surface area contributed by atoms with Gasteiger partial charge in [0.1, 0.15) is 0 Å². The van der Waals surface area contributed by atoms with Gasteiger partial charge in [-0.2, -0.15) is 0 Å². The van der Waals surface area contributed by atoms with Crippen molar-refractivity contribution >= 4 is 6.03 Å². The van der Waals surface area contributed by atoms with Gasteiger partial charge in [0.15, 0.2) is 0 Å². The number of amides is 2. The average molecular weight is 345 g/mol. The number of rotatable bonds is 6. The van der Waals surface area contributed by atoms with Gasteiger partial charge in [-0.25, -0.2) is 4.79 Å². The third-order valence-electron chi connectivity index (χ3n) is 5.67. The van der Waals surface area contributed by atoms with Crippen LogP contribution in [0.3, 0.4) is 0 Å². The van der Waals surface area contributed by atoms with Crippen molar-refractivity contribution in [2.45, 2.75) is 25.2 Å². The molecule has 1 N–H and O–H groups in total. The lowest BCUT2D eigenvalue weighted by Crippen LogP contribution is -2.45. The maximum Gasteiger partial charge on any atom is 0.317 e. The maximum absolute atomic E-state index is 12.3. The summed E-state index contributed by atoms with van der Waals surface area (Å²) in [4.78, 5) is 19.0. The molecule has 1 saturated heterocycles. The molecule has 0 bridgehead atoms. The Kier molecular flexibility index (Phi) is 6.32. The maximum atomic E-state index is 12.3. The van der Waals surface area contributed by atoms with Crippen molar-refractivity contribution < 1.29 is 4.79 Å². The first-order valence-electron chi connectivity index (χ1n) is 9.61. The summed E-state index contributed by atoms with van der Waals surface area (Å²) in [5.74, 6) is 0.471. The van der Waals surface area contributed by atoms with E-state index in [-0.39, 0.29) is 6.03 Å². The molecule has 0 aromatic heterocycles. The van der Waals surface area contributed by atoms with Crippen LogP contribution >= 0.6 is 0 Å². The summed E-state index contributed by atoms with van der Waals surface area (Å²) in [6, 6.07) is 8.68. The van der Waals surface area contributed by atoms with Crippen LogP contribution in [0.4, 0.5) is 4.79 Å². The Bertz CT molecular complexity index is 569. The molecule has 1 aliphatic heterocycles. The summed E-state index contributed by atoms with van der Waals surface area (Å²) >= 11 is 0. The van der Waals surface area contributed by atoms with Gasteiger partial charge in [-0.05, 0) is 44.0 Å². The lowest BCUT2D eigenvalue weighted by atomic mass is 10.0. The number of fused-ring (bicyclic) bond motifs is 1. The van der Waals surface area contributed by atoms with Crippen molar-refractivity contribution in [1.82, 2.24) is 20.0 Å². The molecule has 5 heteroatoms. The molecule has 1 aromatic rings. The molecule has 1 aliphatic carbocycles. The minimum Gasteiger partial charge on any atom is -0.337 e. The molecule has 2 aliphatic rings. The van der Waals surface area contributed by atoms with Crippen LogP contribution in [-0.4, -0.2) is 80.6 Å². The van der Waals surface area contributed by atoms with Crippen LogP contribution in [0.2, 0.25) is 0 Å². The van der Waals surface area contributed by atoms with Crippen LogP contribution < -0.4 is 5.32 Å². The van der Waals surface area contributed by atoms with Crippen LogP contribution in [0.1, 0.15) is 29.9 Å². The number of nitrogens with zero attached hydrogens (tertiary/aromatic N) is 3. The zero-order valence-electron chi connectivity index (χ0n) is 15.7. The quantitative estimate of drug-likeness (QED) is 0.858. The molecule has 1 atom stereocenters. The number of benzene rings is 1. The van der Waals surface area contributed by atoms with Crippen LogP contribution in [0.25, 0.3) is 0 Å². The van der Waals surface area contributed by atoms with Crippen molar-refractivity contribution in [3.05, 3.63) is 35.4 Å². The SMILES string of the molecule is CN1CCN(CCCN(C)C(=O)NCC2CCc3ccccc32)CC1. The minimum absolute atomic E-state index is 0.0581. The van der Waals surface area contributed by atoms with E-state index in [1.54, 1.807) is 0 Å². The highest BCUT2D eigenvalue weighted by Crippen LogP contribution is 2.32. The van der Waals surface area contributed by atoms with Crippen LogP contribution in [0.15, 0.2) is 24.3 Å². The number of hydrogen-bond donors (Lipinski definition) is 1. The molecule has 1 unspecified atom stereocenters. The van der Waals surface area contributed by atoms with Gasteiger partial charge in [0, 0.05) is 52.2 Å². The number of piperazine rings is 1. The fourth-order valence-corrected chi connectivity index (χ4v) is 3.91. The van der Waals surface area contributed by atoms with Crippen LogP contribution in [0.5, 0.6) is 0 Å². The topological polar surface area (TPSA) is 38.8 Å². The average Bonchev–Trinajstić information content (AvgIpc) is 3.04. The van der Waals surface area contributed by atoms with E-state index in [9.17, 15) is 4.79 Å². The van der Waals surface area contributed by atoms with E-state index in [2.05, 4.69) is 46.4 Å². The normalized spacial score (nSPS) is 21.1. The fourth-order valence-electron chi connectivity index (χ4n) is 3.91. The van der Waals surface area contributed by atoms with E-state index in [4.69, 9.17) is 0 Å². The van der Waals surface area contributed by atoms with Crippen LogP contribution in [-0.2, 0) is 6.42 Å². The minimum atomic E-state index is 0.0581. The van der Waals surface area contributed by atoms with Crippen molar-refractivity contribution in [1.29, 1.82) is 0 Å². The summed E-state index contributed by atoms with van der Waals surface area (Å²) in [6.45, 7) is 7.25. The Hall–Kier alpha value is -1.59. The summed E-state index contributed by atoms with van der Waals surface area (Å²) in [7, 11) is 4.08. The standard InChI is InChI=1S/C20H32N4O/c1-22-12-14-24(15-13-22)11-5-10-23(2)20(25)21-16-18-9-8-17-6-3-4-7-19(17)18/h3-4,6-7,18H,5,8-16H2,1-2H3,(H,21,25). The number of likely N-dealkylation sites (N-methyl/N-ethyl adjacent to an activating group) is 1. The molecule has 25 heavy (non-hydrogen) atoms. The van der Waals surface area contributed by atoms with Gasteiger partial charge >= 0.3 is 6.03 Å². The van der Waals surface area contributed by atoms with E-state index in [0.29, 0.717) is 5.92 Å². The molecule has 5 nitrogen and oxygen atoms in total. The highest BCUT2D eigenvalue weighted by Gasteiger charge is 2.22. The molecular formula is C20H32N4O. The molecule has 0 saturated carbocycles. The second kappa shape index (κ2) is 8.68. The number of carbonyl (C=O) groups is 1. The monoisotopic (exact) mass is 344 g/mol. The van der Waals surface area contributed by atoms with Gasteiger partial charge in [-0.1, -0.05) is 24.3 Å². The smallest absolute Gasteiger partial charge is 0.317 e. The van der Waals surface area contributed by atoms with Gasteiger partial charge in [0.05, 0.1) is 0 Å². The van der Waals surface area contributed by atoms with Gasteiger partial charge in [-0.3, -0.25) is 0 Å². The fraction of sp³-hybridized carbons (Fsp3) is 0.650. The highest BCUT2D eigenvalue weighted by molar-refractivity contribution is 5.73. The van der Waals surface area contributed by atoms with E-state index >= 15 is 0 Å². The van der Waals surface area contributed by atoms with Crippen molar-refractivity contribution in [3.63, 3.8) is 0 Å². The van der Waals surface area contributed by atoms with E-state index in [1.807, 2.05) is 11.9 Å². The molecule has 138 valence electrons. The summed E-state index contributed by atoms with van der Waals surface area (Å²) in [6.07, 6.45) is 3.32. The largest absolute Gasteiger partial charge is 0.337 e. The molecule has 3 rings (SSSR count). The zero-order valence-corrected chi connectivity index (χ0v) is 15.7. The van der Waals surface area contributed by atoms with Crippen molar-refractivity contribution in [2.75, 3.05) is 59.9 Å². The van der Waals surface area contributed by atoms with Crippen LogP contribution in [0, 0.1) is 0 Å². The second-order valence-corrected chi connectivity index (χ2v) is 7.54. The number of carbonyl (C=O) groups excluding carboxylic acids is 1. The summed E-state index contributed by atoms with van der Waals surface area (Å²) < 4.78 is 0. The molecule has 0 radical (unpaired) electrons. The number of nitrogens with one attached hydrogen (secondary N) is 1. The van der Waals surface area contributed by atoms with Gasteiger partial charge in [0.25, 0.3) is 0 Å². The first kappa shape index (κ1) is 18.2. The Labute approximate surface area is 152 Å². The first-order valence-corrected chi connectivity index (χ1v) is 9.61. The summed E-state index contributed by atoms with van der Waals surface area (Å²) in [5.41, 5.74) is 2.86. The second-order valence-electron chi connectivity index (χ2n) is 7.54. The third-order valence-corrected chi connectivity index (χ3v) is 5.67. The zero-order chi connectivity index (χ0) is 17.6. The van der Waals surface area contributed by atoms with Crippen molar-refractivity contribution in [2.24, 2.45) is 0 Å². The molecule has 0 spiro atoms. The van der Waals surface area contributed by atoms with Crippen molar-refractivity contribution in [3.8, 4) is 0 Å². The van der Waals surface area contributed by atoms with Gasteiger partial charge in [0.2, 0.25) is 0 Å². The Balaban J connectivity index is 1.34. The number of aryl methyl sites for hydroxylation is 1. The third kappa shape index (κ3) is 4.95. The number of hydrogen-bond acceptors (Lipinski definition) is 3.